The fourth-order valence-corrected chi connectivity index (χ4v) is 9.79. The van der Waals surface area contributed by atoms with Crippen molar-refractivity contribution in [3.05, 3.63) is 182 Å². The molecule has 54 heavy (non-hydrogen) atoms. The topological polar surface area (TPSA) is 29.3 Å². The third-order valence-corrected chi connectivity index (χ3v) is 12.5. The van der Waals surface area contributed by atoms with Crippen LogP contribution in [0.1, 0.15) is 0 Å². The molecule has 0 aliphatic heterocycles. The number of nitrogens with zero attached hydrogens (tertiary/aromatic N) is 2. The molecule has 3 heterocycles. The summed E-state index contributed by atoms with van der Waals surface area (Å²) in [6.45, 7) is 0. The van der Waals surface area contributed by atoms with Gasteiger partial charge in [-0.25, -0.2) is 4.98 Å². The summed E-state index contributed by atoms with van der Waals surface area (Å²) in [5.41, 5.74) is 11.8. The van der Waals surface area contributed by atoms with Crippen molar-refractivity contribution < 1.29 is 4.42 Å². The molecule has 0 fully saturated rings. The smallest absolute Gasteiger partial charge is 0.137 e. The Bertz CT molecular complexity index is 3140. The van der Waals surface area contributed by atoms with E-state index in [1.165, 1.54) is 31.3 Å². The summed E-state index contributed by atoms with van der Waals surface area (Å²) in [5, 5.41) is 5.79. The molecule has 0 unspecified atom stereocenters. The molecule has 0 bridgehead atoms. The van der Waals surface area contributed by atoms with Crippen molar-refractivity contribution in [2.24, 2.45) is 0 Å². The van der Waals surface area contributed by atoms with Gasteiger partial charge in [-0.05, 0) is 89.0 Å². The number of aromatic nitrogens is 1. The summed E-state index contributed by atoms with van der Waals surface area (Å²) in [7, 11) is 0. The molecule has 11 rings (SSSR count). The van der Waals surface area contributed by atoms with E-state index in [1.54, 1.807) is 11.3 Å². The lowest BCUT2D eigenvalue weighted by molar-refractivity contribution is 0.669. The van der Waals surface area contributed by atoms with Crippen molar-refractivity contribution in [3.63, 3.8) is 0 Å². The van der Waals surface area contributed by atoms with Crippen LogP contribution in [0.5, 0.6) is 0 Å². The molecule has 0 spiro atoms. The average molecular weight is 727 g/mol. The predicted octanol–water partition coefficient (Wildman–Crippen LogP) is 15.0. The van der Waals surface area contributed by atoms with Gasteiger partial charge in [-0.3, -0.25) is 0 Å². The van der Waals surface area contributed by atoms with Gasteiger partial charge in [-0.15, -0.1) is 22.7 Å². The van der Waals surface area contributed by atoms with Crippen LogP contribution < -0.4 is 4.90 Å². The third-order valence-electron chi connectivity index (χ3n) is 10.3. The first-order valence-corrected chi connectivity index (χ1v) is 19.7. The number of thiophene rings is 1. The van der Waals surface area contributed by atoms with Gasteiger partial charge >= 0.3 is 0 Å². The Morgan fingerprint density at radius 2 is 0.981 bits per heavy atom. The van der Waals surface area contributed by atoms with E-state index in [1.807, 2.05) is 17.4 Å². The van der Waals surface area contributed by atoms with Crippen molar-refractivity contribution >= 4 is 92.1 Å². The lowest BCUT2D eigenvalue weighted by Gasteiger charge is -2.26. The van der Waals surface area contributed by atoms with E-state index in [-0.39, 0.29) is 0 Å². The third kappa shape index (κ3) is 5.20. The van der Waals surface area contributed by atoms with Crippen molar-refractivity contribution in [2.45, 2.75) is 0 Å². The van der Waals surface area contributed by atoms with Gasteiger partial charge in [0.05, 0.1) is 15.6 Å². The van der Waals surface area contributed by atoms with E-state index in [4.69, 9.17) is 9.40 Å². The highest BCUT2D eigenvalue weighted by molar-refractivity contribution is 7.25. The minimum atomic E-state index is 0.861. The number of fused-ring (bicyclic) bond motifs is 8. The van der Waals surface area contributed by atoms with Gasteiger partial charge < -0.3 is 9.32 Å². The van der Waals surface area contributed by atoms with Crippen molar-refractivity contribution in [1.82, 2.24) is 4.98 Å². The number of benzene rings is 8. The van der Waals surface area contributed by atoms with Crippen LogP contribution in [0.3, 0.4) is 0 Å². The SMILES string of the molecule is c1ccc(-c2ccc(N(c3ccc(-c4ccc5c(c4)oc4ccc6sc(-c7ccccc7)nc6c45)cc3)c3ccc4c(c3)sc3ccccc34)cc2)cc1. The zero-order valence-corrected chi connectivity index (χ0v) is 30.6. The van der Waals surface area contributed by atoms with Gasteiger partial charge in [0.25, 0.3) is 0 Å². The van der Waals surface area contributed by atoms with E-state index in [2.05, 4.69) is 181 Å². The molecule has 3 nitrogen and oxygen atoms in total. The standard InChI is InChI=1S/C49H30N2OS2/c1-3-9-31(10-4-1)32-15-20-36(21-16-32)51(38-24-26-40-39-13-7-8-14-44(39)53-46(40)30-38)37-22-17-33(18-23-37)35-19-25-41-43(29-35)52-42-27-28-45-48(47(41)42)50-49(54-45)34-11-5-2-6-12-34/h1-30H. The fourth-order valence-electron chi connectivity index (χ4n) is 7.67. The second-order valence-corrected chi connectivity index (χ2v) is 15.7. The summed E-state index contributed by atoms with van der Waals surface area (Å²) >= 11 is 3.57. The number of thiazole rings is 1. The van der Waals surface area contributed by atoms with Crippen LogP contribution >= 0.6 is 22.7 Å². The highest BCUT2D eigenvalue weighted by Gasteiger charge is 2.18. The molecule has 0 radical (unpaired) electrons. The molecule has 0 amide bonds. The number of hydrogen-bond donors (Lipinski definition) is 0. The van der Waals surface area contributed by atoms with Crippen molar-refractivity contribution in [3.8, 4) is 32.8 Å². The second kappa shape index (κ2) is 12.6. The Hall–Kier alpha value is -6.53. The summed E-state index contributed by atoms with van der Waals surface area (Å²) < 4.78 is 10.2. The largest absolute Gasteiger partial charge is 0.456 e. The minimum Gasteiger partial charge on any atom is -0.456 e. The maximum Gasteiger partial charge on any atom is 0.137 e. The summed E-state index contributed by atoms with van der Waals surface area (Å²) in [6.07, 6.45) is 0. The molecule has 0 aliphatic carbocycles. The molecule has 254 valence electrons. The Morgan fingerprint density at radius 1 is 0.389 bits per heavy atom. The molecular weight excluding hydrogens is 697 g/mol. The Labute approximate surface area is 319 Å². The Morgan fingerprint density at radius 3 is 1.74 bits per heavy atom. The molecule has 0 saturated carbocycles. The highest BCUT2D eigenvalue weighted by Crippen LogP contribution is 2.43. The first-order chi connectivity index (χ1) is 26.7. The van der Waals surface area contributed by atoms with Crippen molar-refractivity contribution in [2.75, 3.05) is 4.90 Å². The van der Waals surface area contributed by atoms with Gasteiger partial charge in [0.15, 0.2) is 0 Å². The number of rotatable bonds is 6. The number of anilines is 3. The second-order valence-electron chi connectivity index (χ2n) is 13.6. The normalized spacial score (nSPS) is 11.7. The van der Waals surface area contributed by atoms with Crippen LogP contribution in [0.4, 0.5) is 17.1 Å². The molecule has 0 N–H and O–H groups in total. The van der Waals surface area contributed by atoms with Gasteiger partial charge in [0.2, 0.25) is 0 Å². The molecule has 3 aromatic heterocycles. The zero-order valence-electron chi connectivity index (χ0n) is 28.9. The van der Waals surface area contributed by atoms with Crippen LogP contribution in [0.2, 0.25) is 0 Å². The average Bonchev–Trinajstić information content (AvgIpc) is 3.95. The quantitative estimate of drug-likeness (QED) is 0.171. The molecule has 0 saturated heterocycles. The van der Waals surface area contributed by atoms with E-state index >= 15 is 0 Å². The van der Waals surface area contributed by atoms with Gasteiger partial charge in [0.1, 0.15) is 16.2 Å². The van der Waals surface area contributed by atoms with Crippen molar-refractivity contribution in [1.29, 1.82) is 0 Å². The van der Waals surface area contributed by atoms with Gasteiger partial charge in [0, 0.05) is 48.2 Å². The van der Waals surface area contributed by atoms with E-state index < -0.39 is 0 Å². The van der Waals surface area contributed by atoms with E-state index in [9.17, 15) is 0 Å². The summed E-state index contributed by atoms with van der Waals surface area (Å²) in [5.74, 6) is 0. The maximum atomic E-state index is 6.47. The molecule has 0 aliphatic rings. The van der Waals surface area contributed by atoms with Crippen LogP contribution in [-0.2, 0) is 0 Å². The summed E-state index contributed by atoms with van der Waals surface area (Å²) in [6, 6.07) is 65.0. The van der Waals surface area contributed by atoms with Crippen LogP contribution in [-0.4, -0.2) is 4.98 Å². The first-order valence-electron chi connectivity index (χ1n) is 18.0. The minimum absolute atomic E-state index is 0.861. The van der Waals surface area contributed by atoms with E-state index in [0.717, 1.165) is 70.9 Å². The van der Waals surface area contributed by atoms with Crippen LogP contribution in [0, 0.1) is 0 Å². The highest BCUT2D eigenvalue weighted by atomic mass is 32.1. The van der Waals surface area contributed by atoms with Gasteiger partial charge in [-0.1, -0.05) is 115 Å². The monoisotopic (exact) mass is 726 g/mol. The van der Waals surface area contributed by atoms with Gasteiger partial charge in [-0.2, -0.15) is 0 Å². The Kier molecular flexibility index (Phi) is 7.22. The lowest BCUT2D eigenvalue weighted by atomic mass is 10.0. The molecular formula is C49H30N2OS2. The Balaban J connectivity index is 0.977. The molecule has 8 aromatic carbocycles. The molecule has 5 heteroatoms. The zero-order chi connectivity index (χ0) is 35.6. The van der Waals surface area contributed by atoms with E-state index in [0.29, 0.717) is 0 Å². The fraction of sp³-hybridized carbons (Fsp3) is 0. The molecule has 0 atom stereocenters. The van der Waals surface area contributed by atoms with Crippen LogP contribution in [0.25, 0.3) is 85.2 Å². The predicted molar refractivity (Wildman–Crippen MR) is 231 cm³/mol. The lowest BCUT2D eigenvalue weighted by Crippen LogP contribution is -2.09. The number of furan rings is 1. The molecule has 11 aromatic rings. The maximum absolute atomic E-state index is 6.47. The summed E-state index contributed by atoms with van der Waals surface area (Å²) in [4.78, 5) is 7.45. The number of hydrogen-bond acceptors (Lipinski definition) is 5. The first kappa shape index (κ1) is 31.0. The van der Waals surface area contributed by atoms with Crippen LogP contribution in [0.15, 0.2) is 186 Å².